The summed E-state index contributed by atoms with van der Waals surface area (Å²) in [7, 11) is 0. The lowest BCUT2D eigenvalue weighted by molar-refractivity contribution is 0.224. The summed E-state index contributed by atoms with van der Waals surface area (Å²) in [6, 6.07) is 7.87. The Bertz CT molecular complexity index is 738. The standard InChI is InChI=1S/C14H14ClN3O/c1-9(7-19)6-18-8-16-12-13(18)10-4-2-3-5-11(10)17-14(12)15/h2-5,8-9,19H,6-7H2,1H3/t9-/m1/s1. The minimum Gasteiger partial charge on any atom is -0.396 e. The van der Waals surface area contributed by atoms with Gasteiger partial charge in [-0.15, -0.1) is 0 Å². The van der Waals surface area contributed by atoms with E-state index in [4.69, 9.17) is 11.6 Å². The highest BCUT2D eigenvalue weighted by atomic mass is 35.5. The smallest absolute Gasteiger partial charge is 0.157 e. The van der Waals surface area contributed by atoms with E-state index in [1.165, 1.54) is 0 Å². The van der Waals surface area contributed by atoms with Crippen molar-refractivity contribution < 1.29 is 5.11 Å². The van der Waals surface area contributed by atoms with Crippen molar-refractivity contribution in [3.63, 3.8) is 0 Å². The number of benzene rings is 1. The number of aliphatic hydroxyl groups excluding tert-OH is 1. The molecule has 1 atom stereocenters. The van der Waals surface area contributed by atoms with Crippen LogP contribution in [0.2, 0.25) is 5.15 Å². The minimum absolute atomic E-state index is 0.149. The van der Waals surface area contributed by atoms with Gasteiger partial charge in [-0.1, -0.05) is 36.7 Å². The summed E-state index contributed by atoms with van der Waals surface area (Å²) in [5.74, 6) is 0.170. The number of nitrogens with zero attached hydrogens (tertiary/aromatic N) is 3. The van der Waals surface area contributed by atoms with E-state index in [1.807, 2.05) is 35.8 Å². The Labute approximate surface area is 115 Å². The molecule has 1 aromatic carbocycles. The molecular weight excluding hydrogens is 262 g/mol. The SMILES string of the molecule is C[C@@H](CO)Cn1cnc2c(Cl)nc3ccccc3c21. The molecule has 2 aromatic heterocycles. The van der Waals surface area contributed by atoms with Gasteiger partial charge in [0.15, 0.2) is 5.15 Å². The Morgan fingerprint density at radius 2 is 2.16 bits per heavy atom. The Kier molecular flexibility index (Phi) is 3.12. The van der Waals surface area contributed by atoms with Gasteiger partial charge in [0.2, 0.25) is 0 Å². The van der Waals surface area contributed by atoms with Gasteiger partial charge in [-0.2, -0.15) is 0 Å². The average molecular weight is 276 g/mol. The molecule has 0 saturated carbocycles. The zero-order chi connectivity index (χ0) is 13.4. The molecule has 0 fully saturated rings. The van der Waals surface area contributed by atoms with Gasteiger partial charge < -0.3 is 9.67 Å². The average Bonchev–Trinajstić information content (AvgIpc) is 2.83. The molecule has 0 saturated heterocycles. The number of aliphatic hydroxyl groups is 1. The Balaban J connectivity index is 2.30. The predicted octanol–water partition coefficient (Wildman–Crippen LogP) is 2.87. The van der Waals surface area contributed by atoms with E-state index in [1.54, 1.807) is 6.33 Å². The zero-order valence-electron chi connectivity index (χ0n) is 10.5. The van der Waals surface area contributed by atoms with Crippen molar-refractivity contribution in [2.75, 3.05) is 6.61 Å². The lowest BCUT2D eigenvalue weighted by atomic mass is 10.1. The number of para-hydroxylation sites is 1. The highest BCUT2D eigenvalue weighted by molar-refractivity contribution is 6.35. The fourth-order valence-corrected chi connectivity index (χ4v) is 2.51. The molecule has 0 bridgehead atoms. The van der Waals surface area contributed by atoms with Crippen LogP contribution in [0.25, 0.3) is 21.9 Å². The molecule has 19 heavy (non-hydrogen) atoms. The maximum absolute atomic E-state index is 9.20. The molecule has 98 valence electrons. The molecular formula is C14H14ClN3O. The second-order valence-corrected chi connectivity index (χ2v) is 5.16. The van der Waals surface area contributed by atoms with Crippen molar-refractivity contribution in [2.45, 2.75) is 13.5 Å². The van der Waals surface area contributed by atoms with Crippen molar-refractivity contribution >= 4 is 33.5 Å². The third-order valence-electron chi connectivity index (χ3n) is 3.23. The molecule has 3 aromatic rings. The summed E-state index contributed by atoms with van der Waals surface area (Å²) in [5, 5.41) is 10.7. The number of aromatic nitrogens is 3. The Morgan fingerprint density at radius 3 is 2.95 bits per heavy atom. The number of fused-ring (bicyclic) bond motifs is 3. The lowest BCUT2D eigenvalue weighted by Gasteiger charge is -2.11. The number of halogens is 1. The van der Waals surface area contributed by atoms with Crippen molar-refractivity contribution in [1.29, 1.82) is 0 Å². The molecule has 0 unspecified atom stereocenters. The van der Waals surface area contributed by atoms with Gasteiger partial charge >= 0.3 is 0 Å². The van der Waals surface area contributed by atoms with E-state index in [2.05, 4.69) is 9.97 Å². The topological polar surface area (TPSA) is 50.9 Å². The first-order valence-corrected chi connectivity index (χ1v) is 6.58. The molecule has 0 radical (unpaired) electrons. The van der Waals surface area contributed by atoms with E-state index in [0.29, 0.717) is 17.2 Å². The molecule has 4 nitrogen and oxygen atoms in total. The zero-order valence-corrected chi connectivity index (χ0v) is 11.3. The summed E-state index contributed by atoms with van der Waals surface area (Å²) < 4.78 is 2.03. The van der Waals surface area contributed by atoms with Gasteiger partial charge in [-0.25, -0.2) is 9.97 Å². The van der Waals surface area contributed by atoms with Crippen LogP contribution < -0.4 is 0 Å². The summed E-state index contributed by atoms with van der Waals surface area (Å²) in [5.41, 5.74) is 2.56. The van der Waals surface area contributed by atoms with Crippen LogP contribution in [0.4, 0.5) is 0 Å². The first-order valence-electron chi connectivity index (χ1n) is 6.20. The molecule has 0 spiro atoms. The molecule has 2 heterocycles. The maximum atomic E-state index is 9.20. The quantitative estimate of drug-likeness (QED) is 0.748. The molecule has 3 rings (SSSR count). The molecule has 0 aliphatic rings. The van der Waals surface area contributed by atoms with Gasteiger partial charge in [0.05, 0.1) is 17.4 Å². The van der Waals surface area contributed by atoms with Gasteiger partial charge in [0.1, 0.15) is 5.52 Å². The Hall–Kier alpha value is -1.65. The van der Waals surface area contributed by atoms with Crippen molar-refractivity contribution in [2.24, 2.45) is 5.92 Å². The normalized spacial score (nSPS) is 13.2. The minimum atomic E-state index is 0.149. The summed E-state index contributed by atoms with van der Waals surface area (Å²) in [6.07, 6.45) is 1.76. The number of rotatable bonds is 3. The van der Waals surface area contributed by atoms with Crippen molar-refractivity contribution in [3.8, 4) is 0 Å². The van der Waals surface area contributed by atoms with E-state index in [9.17, 15) is 5.11 Å². The largest absolute Gasteiger partial charge is 0.396 e. The summed E-state index contributed by atoms with van der Waals surface area (Å²) >= 11 is 6.18. The number of hydrogen-bond donors (Lipinski definition) is 1. The van der Waals surface area contributed by atoms with Crippen LogP contribution in [-0.4, -0.2) is 26.2 Å². The van der Waals surface area contributed by atoms with Gasteiger partial charge in [0, 0.05) is 18.5 Å². The van der Waals surface area contributed by atoms with Crippen LogP contribution in [-0.2, 0) is 6.54 Å². The third-order valence-corrected chi connectivity index (χ3v) is 3.49. The summed E-state index contributed by atoms with van der Waals surface area (Å²) in [4.78, 5) is 8.70. The van der Waals surface area contributed by atoms with Crippen molar-refractivity contribution in [3.05, 3.63) is 35.7 Å². The van der Waals surface area contributed by atoms with Crippen LogP contribution in [0, 0.1) is 5.92 Å². The van der Waals surface area contributed by atoms with Crippen LogP contribution in [0.15, 0.2) is 30.6 Å². The number of hydrogen-bond acceptors (Lipinski definition) is 3. The Morgan fingerprint density at radius 1 is 1.37 bits per heavy atom. The van der Waals surface area contributed by atoms with Gasteiger partial charge in [-0.05, 0) is 12.0 Å². The second kappa shape index (κ2) is 4.79. The van der Waals surface area contributed by atoms with Crippen molar-refractivity contribution in [1.82, 2.24) is 14.5 Å². The fourth-order valence-electron chi connectivity index (χ4n) is 2.28. The molecule has 5 heteroatoms. The highest BCUT2D eigenvalue weighted by Gasteiger charge is 2.13. The molecule has 0 aliphatic heterocycles. The van der Waals surface area contributed by atoms with Gasteiger partial charge in [0.25, 0.3) is 0 Å². The van der Waals surface area contributed by atoms with Crippen LogP contribution in [0.1, 0.15) is 6.92 Å². The van der Waals surface area contributed by atoms with Crippen LogP contribution in [0.5, 0.6) is 0 Å². The predicted molar refractivity (Wildman–Crippen MR) is 76.3 cm³/mol. The van der Waals surface area contributed by atoms with Crippen LogP contribution >= 0.6 is 11.6 Å². The second-order valence-electron chi connectivity index (χ2n) is 4.80. The molecule has 0 amide bonds. The van der Waals surface area contributed by atoms with E-state index < -0.39 is 0 Å². The first kappa shape index (κ1) is 12.4. The number of imidazole rings is 1. The monoisotopic (exact) mass is 275 g/mol. The number of pyridine rings is 1. The highest BCUT2D eigenvalue weighted by Crippen LogP contribution is 2.28. The van der Waals surface area contributed by atoms with Gasteiger partial charge in [-0.3, -0.25) is 0 Å². The van der Waals surface area contributed by atoms with E-state index in [0.717, 1.165) is 16.4 Å². The lowest BCUT2D eigenvalue weighted by Crippen LogP contribution is -2.10. The van der Waals surface area contributed by atoms with E-state index >= 15 is 0 Å². The molecule has 1 N–H and O–H groups in total. The molecule has 0 aliphatic carbocycles. The summed E-state index contributed by atoms with van der Waals surface area (Å²) in [6.45, 7) is 2.85. The van der Waals surface area contributed by atoms with Crippen LogP contribution in [0.3, 0.4) is 0 Å². The van der Waals surface area contributed by atoms with E-state index in [-0.39, 0.29) is 12.5 Å². The third kappa shape index (κ3) is 2.07. The maximum Gasteiger partial charge on any atom is 0.157 e. The first-order chi connectivity index (χ1) is 9.20. The fraction of sp³-hybridized carbons (Fsp3) is 0.286.